The summed E-state index contributed by atoms with van der Waals surface area (Å²) in [7, 11) is 0. The summed E-state index contributed by atoms with van der Waals surface area (Å²) in [6.07, 6.45) is 5.70. The molecule has 16 heavy (non-hydrogen) atoms. The van der Waals surface area contributed by atoms with Crippen molar-refractivity contribution in [2.45, 2.75) is 43.6 Å². The average Bonchev–Trinajstić information content (AvgIpc) is 2.27. The lowest BCUT2D eigenvalue weighted by molar-refractivity contribution is 0.394. The van der Waals surface area contributed by atoms with Crippen LogP contribution in [-0.2, 0) is 5.75 Å². The number of hydrogen-bond donors (Lipinski definition) is 0. The van der Waals surface area contributed by atoms with E-state index in [1.54, 1.807) is 0 Å². The van der Waals surface area contributed by atoms with E-state index < -0.39 is 0 Å². The Kier molecular flexibility index (Phi) is 4.78. The molecule has 0 N–H and O–H groups in total. The van der Waals surface area contributed by atoms with Gasteiger partial charge in [-0.25, -0.2) is 0 Å². The zero-order valence-electron chi connectivity index (χ0n) is 9.79. The van der Waals surface area contributed by atoms with E-state index in [1.807, 2.05) is 0 Å². The summed E-state index contributed by atoms with van der Waals surface area (Å²) in [5.74, 6) is 2.10. The molecule has 2 atom stereocenters. The molecule has 88 valence electrons. The van der Waals surface area contributed by atoms with Gasteiger partial charge in [-0.05, 0) is 36.5 Å². The van der Waals surface area contributed by atoms with Crippen LogP contribution in [0.25, 0.3) is 0 Å². The maximum Gasteiger partial charge on any atom is 0.0187 e. The molecule has 0 radical (unpaired) electrons. The van der Waals surface area contributed by atoms with E-state index in [0.29, 0.717) is 0 Å². The highest BCUT2D eigenvalue weighted by atomic mass is 79.9. The van der Waals surface area contributed by atoms with Crippen LogP contribution < -0.4 is 0 Å². The van der Waals surface area contributed by atoms with Crippen LogP contribution in [0.1, 0.15) is 38.2 Å². The van der Waals surface area contributed by atoms with Gasteiger partial charge in [0, 0.05) is 15.5 Å². The number of rotatable bonds is 3. The third kappa shape index (κ3) is 3.81. The maximum absolute atomic E-state index is 3.53. The highest BCUT2D eigenvalue weighted by molar-refractivity contribution is 9.10. The second-order valence-electron chi connectivity index (χ2n) is 4.83. The molecule has 1 fully saturated rings. The van der Waals surface area contributed by atoms with Crippen molar-refractivity contribution in [1.82, 2.24) is 0 Å². The van der Waals surface area contributed by atoms with Gasteiger partial charge in [0.15, 0.2) is 0 Å². The summed E-state index contributed by atoms with van der Waals surface area (Å²) < 4.78 is 1.20. The van der Waals surface area contributed by atoms with Crippen molar-refractivity contribution < 1.29 is 0 Å². The zero-order valence-corrected chi connectivity index (χ0v) is 12.2. The van der Waals surface area contributed by atoms with E-state index >= 15 is 0 Å². The maximum atomic E-state index is 3.53. The van der Waals surface area contributed by atoms with Crippen LogP contribution in [0, 0.1) is 5.92 Å². The van der Waals surface area contributed by atoms with Gasteiger partial charge in [-0.3, -0.25) is 0 Å². The third-order valence-electron chi connectivity index (χ3n) is 3.26. The van der Waals surface area contributed by atoms with Crippen LogP contribution in [0.2, 0.25) is 0 Å². The van der Waals surface area contributed by atoms with Crippen LogP contribution >= 0.6 is 27.7 Å². The predicted octanol–water partition coefficient (Wildman–Crippen LogP) is 5.26. The molecule has 0 spiro atoms. The van der Waals surface area contributed by atoms with Crippen molar-refractivity contribution in [2.75, 3.05) is 0 Å². The number of hydrogen-bond acceptors (Lipinski definition) is 1. The van der Waals surface area contributed by atoms with Gasteiger partial charge in [0.05, 0.1) is 0 Å². The van der Waals surface area contributed by atoms with Crippen molar-refractivity contribution in [1.29, 1.82) is 0 Å². The molecule has 0 saturated heterocycles. The molecular weight excluding hydrogens is 280 g/mol. The SMILES string of the molecule is CC1CCCC(SCc2cccc(Br)c2)C1. The first-order valence-corrected chi connectivity index (χ1v) is 7.94. The molecule has 1 aromatic rings. The van der Waals surface area contributed by atoms with Crippen molar-refractivity contribution in [3.63, 3.8) is 0 Å². The normalized spacial score (nSPS) is 25.6. The lowest BCUT2D eigenvalue weighted by Crippen LogP contribution is -2.15. The monoisotopic (exact) mass is 298 g/mol. The van der Waals surface area contributed by atoms with Gasteiger partial charge in [0.25, 0.3) is 0 Å². The summed E-state index contributed by atoms with van der Waals surface area (Å²) in [6.45, 7) is 2.39. The summed E-state index contributed by atoms with van der Waals surface area (Å²) in [5, 5.41) is 0.891. The fourth-order valence-electron chi connectivity index (χ4n) is 2.37. The molecule has 2 rings (SSSR count). The number of thioether (sulfide) groups is 1. The van der Waals surface area contributed by atoms with E-state index in [9.17, 15) is 0 Å². The fourth-order valence-corrected chi connectivity index (χ4v) is 4.22. The Morgan fingerprint density at radius 3 is 3.00 bits per heavy atom. The summed E-state index contributed by atoms with van der Waals surface area (Å²) in [4.78, 5) is 0. The van der Waals surface area contributed by atoms with Crippen LogP contribution in [0.3, 0.4) is 0 Å². The highest BCUT2D eigenvalue weighted by Crippen LogP contribution is 2.33. The quantitative estimate of drug-likeness (QED) is 0.733. The first-order valence-electron chi connectivity index (χ1n) is 6.10. The molecule has 1 aliphatic carbocycles. The molecular formula is C14H19BrS. The Labute approximate surface area is 111 Å². The molecule has 0 aliphatic heterocycles. The van der Waals surface area contributed by atoms with Crippen molar-refractivity contribution in [2.24, 2.45) is 5.92 Å². The van der Waals surface area contributed by atoms with Crippen LogP contribution in [0.4, 0.5) is 0 Å². The molecule has 0 nitrogen and oxygen atoms in total. The van der Waals surface area contributed by atoms with E-state index in [2.05, 4.69) is 58.9 Å². The van der Waals surface area contributed by atoms with Gasteiger partial charge in [-0.15, -0.1) is 0 Å². The Balaban J connectivity index is 1.82. The molecule has 0 bridgehead atoms. The van der Waals surface area contributed by atoms with Gasteiger partial charge in [0.1, 0.15) is 0 Å². The Bertz CT molecular complexity index is 337. The van der Waals surface area contributed by atoms with Gasteiger partial charge in [0.2, 0.25) is 0 Å². The minimum atomic E-state index is 0.891. The second kappa shape index (κ2) is 6.11. The molecule has 1 aliphatic rings. The summed E-state index contributed by atoms with van der Waals surface area (Å²) in [5.41, 5.74) is 1.44. The topological polar surface area (TPSA) is 0 Å². The average molecular weight is 299 g/mol. The van der Waals surface area contributed by atoms with Crippen LogP contribution in [0.5, 0.6) is 0 Å². The van der Waals surface area contributed by atoms with Gasteiger partial charge in [-0.2, -0.15) is 11.8 Å². The Morgan fingerprint density at radius 2 is 2.25 bits per heavy atom. The van der Waals surface area contributed by atoms with Crippen LogP contribution in [-0.4, -0.2) is 5.25 Å². The summed E-state index contributed by atoms with van der Waals surface area (Å²) >= 11 is 5.67. The Morgan fingerprint density at radius 1 is 1.38 bits per heavy atom. The molecule has 0 amide bonds. The number of benzene rings is 1. The van der Waals surface area contributed by atoms with E-state index in [0.717, 1.165) is 16.9 Å². The first-order chi connectivity index (χ1) is 7.74. The smallest absolute Gasteiger partial charge is 0.0187 e. The molecule has 1 saturated carbocycles. The van der Waals surface area contributed by atoms with E-state index in [-0.39, 0.29) is 0 Å². The molecule has 2 heteroatoms. The first kappa shape index (κ1) is 12.5. The number of halogens is 1. The lowest BCUT2D eigenvalue weighted by Gasteiger charge is -2.26. The minimum absolute atomic E-state index is 0.891. The predicted molar refractivity (Wildman–Crippen MR) is 76.9 cm³/mol. The van der Waals surface area contributed by atoms with E-state index in [1.165, 1.54) is 35.7 Å². The standard InChI is InChI=1S/C14H19BrS/c1-11-4-2-7-14(8-11)16-10-12-5-3-6-13(15)9-12/h3,5-6,9,11,14H,2,4,7-8,10H2,1H3. The zero-order chi connectivity index (χ0) is 11.4. The molecule has 1 aromatic carbocycles. The molecule has 0 aromatic heterocycles. The molecule has 2 unspecified atom stereocenters. The minimum Gasteiger partial charge on any atom is -0.154 e. The van der Waals surface area contributed by atoms with Crippen molar-refractivity contribution in [3.05, 3.63) is 34.3 Å². The molecule has 0 heterocycles. The van der Waals surface area contributed by atoms with Crippen LogP contribution in [0.15, 0.2) is 28.7 Å². The van der Waals surface area contributed by atoms with Gasteiger partial charge >= 0.3 is 0 Å². The lowest BCUT2D eigenvalue weighted by atomic mass is 9.91. The largest absolute Gasteiger partial charge is 0.154 e. The third-order valence-corrected chi connectivity index (χ3v) is 5.16. The van der Waals surface area contributed by atoms with Crippen molar-refractivity contribution in [3.8, 4) is 0 Å². The van der Waals surface area contributed by atoms with E-state index in [4.69, 9.17) is 0 Å². The van der Waals surface area contributed by atoms with Crippen molar-refractivity contribution >= 4 is 27.7 Å². The summed E-state index contributed by atoms with van der Waals surface area (Å²) in [6, 6.07) is 8.68. The highest BCUT2D eigenvalue weighted by Gasteiger charge is 2.18. The second-order valence-corrected chi connectivity index (χ2v) is 7.04. The van der Waals surface area contributed by atoms with Gasteiger partial charge < -0.3 is 0 Å². The fraction of sp³-hybridized carbons (Fsp3) is 0.571. The van der Waals surface area contributed by atoms with Gasteiger partial charge in [-0.1, -0.05) is 47.8 Å². The Hall–Kier alpha value is 0.0500.